The third kappa shape index (κ3) is 1.46. The minimum absolute atomic E-state index is 0.0452. The first-order chi connectivity index (χ1) is 6.81. The number of carbonyl (C=O) groups is 1. The first kappa shape index (κ1) is 8.74. The van der Waals surface area contributed by atoms with Gasteiger partial charge >= 0.3 is 0 Å². The highest BCUT2D eigenvalue weighted by Crippen LogP contribution is 2.06. The predicted octanol–water partition coefficient (Wildman–Crippen LogP) is 1.08. The normalized spacial score (nSPS) is 10.4. The van der Waals surface area contributed by atoms with Gasteiger partial charge in [-0.05, 0) is 19.1 Å². The molecule has 4 nitrogen and oxygen atoms in total. The molecule has 2 aromatic heterocycles. The van der Waals surface area contributed by atoms with E-state index in [2.05, 4.69) is 10.3 Å². The molecule has 0 unspecified atom stereocenters. The van der Waals surface area contributed by atoms with Gasteiger partial charge in [-0.25, -0.2) is 4.98 Å². The second-order valence-corrected chi connectivity index (χ2v) is 3.00. The summed E-state index contributed by atoms with van der Waals surface area (Å²) in [7, 11) is 0. The minimum Gasteiger partial charge on any atom is -0.352 e. The summed E-state index contributed by atoms with van der Waals surface area (Å²) in [6.45, 7) is 2.54. The number of hydrogen-bond acceptors (Lipinski definition) is 2. The van der Waals surface area contributed by atoms with Crippen molar-refractivity contribution in [3.05, 3.63) is 36.4 Å². The molecule has 0 aliphatic heterocycles. The van der Waals surface area contributed by atoms with Crippen LogP contribution in [0.5, 0.6) is 0 Å². The molecule has 0 saturated heterocycles. The standard InChI is InChI=1S/C10H11N3O/c1-2-12-10(14)8-3-4-13-7-11-6-9(13)5-8/h3-7H,2H2,1H3,(H,12,14). The topological polar surface area (TPSA) is 46.4 Å². The maximum absolute atomic E-state index is 11.5. The predicted molar refractivity (Wildman–Crippen MR) is 53.2 cm³/mol. The Labute approximate surface area is 81.6 Å². The summed E-state index contributed by atoms with van der Waals surface area (Å²) in [4.78, 5) is 15.4. The number of hydrogen-bond donors (Lipinski definition) is 1. The quantitative estimate of drug-likeness (QED) is 0.768. The molecular formula is C10H11N3O. The van der Waals surface area contributed by atoms with Crippen LogP contribution in [0.4, 0.5) is 0 Å². The second kappa shape index (κ2) is 3.49. The number of nitrogens with one attached hydrogen (secondary N) is 1. The Morgan fingerprint density at radius 2 is 2.50 bits per heavy atom. The Bertz CT molecular complexity index is 461. The maximum Gasteiger partial charge on any atom is 0.251 e. The zero-order valence-electron chi connectivity index (χ0n) is 7.90. The van der Waals surface area contributed by atoms with Crippen molar-refractivity contribution in [1.29, 1.82) is 0 Å². The van der Waals surface area contributed by atoms with Crippen LogP contribution in [-0.4, -0.2) is 21.8 Å². The molecule has 4 heteroatoms. The number of pyridine rings is 1. The molecule has 0 saturated carbocycles. The highest BCUT2D eigenvalue weighted by Gasteiger charge is 2.04. The molecule has 1 amide bonds. The first-order valence-corrected chi connectivity index (χ1v) is 4.51. The molecule has 1 N–H and O–H groups in total. The summed E-state index contributed by atoms with van der Waals surface area (Å²) >= 11 is 0. The van der Waals surface area contributed by atoms with Crippen LogP contribution in [0.2, 0.25) is 0 Å². The van der Waals surface area contributed by atoms with E-state index in [1.165, 1.54) is 0 Å². The lowest BCUT2D eigenvalue weighted by atomic mass is 10.2. The van der Waals surface area contributed by atoms with Crippen LogP contribution in [0.25, 0.3) is 5.52 Å². The van der Waals surface area contributed by atoms with Gasteiger partial charge in [0.25, 0.3) is 5.91 Å². The van der Waals surface area contributed by atoms with Crippen LogP contribution in [-0.2, 0) is 0 Å². The zero-order chi connectivity index (χ0) is 9.97. The lowest BCUT2D eigenvalue weighted by molar-refractivity contribution is 0.0956. The summed E-state index contributed by atoms with van der Waals surface area (Å²) < 4.78 is 1.86. The van der Waals surface area contributed by atoms with E-state index < -0.39 is 0 Å². The van der Waals surface area contributed by atoms with Crippen molar-refractivity contribution in [3.63, 3.8) is 0 Å². The van der Waals surface area contributed by atoms with Gasteiger partial charge in [-0.3, -0.25) is 4.79 Å². The monoisotopic (exact) mass is 189 g/mol. The van der Waals surface area contributed by atoms with Gasteiger partial charge in [0.15, 0.2) is 0 Å². The number of aromatic nitrogens is 2. The highest BCUT2D eigenvalue weighted by atomic mass is 16.1. The molecule has 0 fully saturated rings. The zero-order valence-corrected chi connectivity index (χ0v) is 7.90. The molecule has 0 aliphatic rings. The molecule has 0 aliphatic carbocycles. The fourth-order valence-electron chi connectivity index (χ4n) is 1.32. The third-order valence-corrected chi connectivity index (χ3v) is 2.01. The van der Waals surface area contributed by atoms with Crippen LogP contribution < -0.4 is 5.32 Å². The van der Waals surface area contributed by atoms with Gasteiger partial charge in [0.1, 0.15) is 0 Å². The van der Waals surface area contributed by atoms with Crippen LogP contribution in [0, 0.1) is 0 Å². The molecule has 2 aromatic rings. The van der Waals surface area contributed by atoms with Gasteiger partial charge in [0, 0.05) is 18.3 Å². The van der Waals surface area contributed by atoms with E-state index >= 15 is 0 Å². The third-order valence-electron chi connectivity index (χ3n) is 2.01. The van der Waals surface area contributed by atoms with Gasteiger partial charge in [-0.15, -0.1) is 0 Å². The van der Waals surface area contributed by atoms with Crippen LogP contribution >= 0.6 is 0 Å². The maximum atomic E-state index is 11.5. The Hall–Kier alpha value is -1.84. The average molecular weight is 189 g/mol. The van der Waals surface area contributed by atoms with E-state index in [0.717, 1.165) is 5.52 Å². The van der Waals surface area contributed by atoms with E-state index in [9.17, 15) is 4.79 Å². The Kier molecular flexibility index (Phi) is 2.18. The highest BCUT2D eigenvalue weighted by molar-refractivity contribution is 5.95. The van der Waals surface area contributed by atoms with Crippen molar-refractivity contribution >= 4 is 11.4 Å². The fourth-order valence-corrected chi connectivity index (χ4v) is 1.32. The molecule has 0 radical (unpaired) electrons. The molecule has 72 valence electrons. The van der Waals surface area contributed by atoms with Crippen LogP contribution in [0.15, 0.2) is 30.9 Å². The van der Waals surface area contributed by atoms with E-state index in [0.29, 0.717) is 12.1 Å². The number of amides is 1. The summed E-state index contributed by atoms with van der Waals surface area (Å²) in [5, 5.41) is 2.75. The van der Waals surface area contributed by atoms with Gasteiger partial charge in [-0.2, -0.15) is 0 Å². The van der Waals surface area contributed by atoms with Crippen molar-refractivity contribution < 1.29 is 4.79 Å². The van der Waals surface area contributed by atoms with Gasteiger partial charge in [0.2, 0.25) is 0 Å². The number of carbonyl (C=O) groups excluding carboxylic acids is 1. The Morgan fingerprint density at radius 1 is 1.64 bits per heavy atom. The van der Waals surface area contributed by atoms with Gasteiger partial charge in [-0.1, -0.05) is 0 Å². The molecule has 0 aromatic carbocycles. The lowest BCUT2D eigenvalue weighted by Crippen LogP contribution is -2.22. The van der Waals surface area contributed by atoms with Crippen molar-refractivity contribution in [2.75, 3.05) is 6.54 Å². The minimum atomic E-state index is -0.0452. The number of nitrogens with zero attached hydrogens (tertiary/aromatic N) is 2. The fraction of sp³-hybridized carbons (Fsp3) is 0.200. The average Bonchev–Trinajstić information content (AvgIpc) is 2.64. The van der Waals surface area contributed by atoms with Gasteiger partial charge < -0.3 is 9.72 Å². The SMILES string of the molecule is CCNC(=O)c1ccn2cncc2c1. The number of fused-ring (bicyclic) bond motifs is 1. The van der Waals surface area contributed by atoms with E-state index in [1.807, 2.05) is 23.6 Å². The number of rotatable bonds is 2. The van der Waals surface area contributed by atoms with Crippen LogP contribution in [0.3, 0.4) is 0 Å². The molecule has 2 rings (SSSR count). The van der Waals surface area contributed by atoms with Crippen molar-refractivity contribution in [2.45, 2.75) is 6.92 Å². The lowest BCUT2D eigenvalue weighted by Gasteiger charge is -2.02. The summed E-state index contributed by atoms with van der Waals surface area (Å²) in [5.74, 6) is -0.0452. The van der Waals surface area contributed by atoms with Gasteiger partial charge in [0.05, 0.1) is 18.0 Å². The van der Waals surface area contributed by atoms with E-state index in [1.54, 1.807) is 18.6 Å². The number of imidazole rings is 1. The smallest absolute Gasteiger partial charge is 0.251 e. The van der Waals surface area contributed by atoms with Crippen molar-refractivity contribution in [1.82, 2.24) is 14.7 Å². The first-order valence-electron chi connectivity index (χ1n) is 4.51. The Morgan fingerprint density at radius 3 is 3.29 bits per heavy atom. The molecule has 0 bridgehead atoms. The Balaban J connectivity index is 2.38. The second-order valence-electron chi connectivity index (χ2n) is 3.00. The van der Waals surface area contributed by atoms with E-state index in [4.69, 9.17) is 0 Å². The van der Waals surface area contributed by atoms with Crippen LogP contribution in [0.1, 0.15) is 17.3 Å². The summed E-state index contributed by atoms with van der Waals surface area (Å²) in [6, 6.07) is 3.59. The molecule has 2 heterocycles. The summed E-state index contributed by atoms with van der Waals surface area (Å²) in [5.41, 5.74) is 1.59. The van der Waals surface area contributed by atoms with Crippen molar-refractivity contribution in [2.24, 2.45) is 0 Å². The molecule has 0 spiro atoms. The van der Waals surface area contributed by atoms with Crippen molar-refractivity contribution in [3.8, 4) is 0 Å². The molecule has 0 atom stereocenters. The summed E-state index contributed by atoms with van der Waals surface area (Å²) in [6.07, 6.45) is 5.26. The molecule has 14 heavy (non-hydrogen) atoms. The molecular weight excluding hydrogens is 178 g/mol. The van der Waals surface area contributed by atoms with E-state index in [-0.39, 0.29) is 5.91 Å². The largest absolute Gasteiger partial charge is 0.352 e.